The standard InChI is InChI=1S/C21H22N4O4/c1-4-25(13-18(26)22-14-8-7-9-15(12-14)29-3)21(28)19-16-10-5-6-11-17(16)20(27)24(2)23-19/h5-12H,4,13H2,1-3H3,(H,22,26). The van der Waals surface area contributed by atoms with Crippen molar-refractivity contribution in [3.05, 3.63) is 64.6 Å². The summed E-state index contributed by atoms with van der Waals surface area (Å²) in [6.07, 6.45) is 0. The summed E-state index contributed by atoms with van der Waals surface area (Å²) in [6.45, 7) is 1.94. The van der Waals surface area contributed by atoms with Gasteiger partial charge >= 0.3 is 0 Å². The third-order valence-electron chi connectivity index (χ3n) is 4.52. The van der Waals surface area contributed by atoms with Gasteiger partial charge in [-0.1, -0.05) is 24.3 Å². The number of hydrogen-bond donors (Lipinski definition) is 1. The van der Waals surface area contributed by atoms with Crippen LogP contribution in [0.1, 0.15) is 17.4 Å². The molecule has 150 valence electrons. The minimum absolute atomic E-state index is 0.138. The summed E-state index contributed by atoms with van der Waals surface area (Å²) >= 11 is 0. The Morgan fingerprint density at radius 3 is 2.55 bits per heavy atom. The molecular weight excluding hydrogens is 372 g/mol. The molecule has 0 bridgehead atoms. The Morgan fingerprint density at radius 2 is 1.86 bits per heavy atom. The maximum Gasteiger partial charge on any atom is 0.275 e. The second-order valence-corrected chi connectivity index (χ2v) is 6.42. The van der Waals surface area contributed by atoms with Crippen molar-refractivity contribution in [2.45, 2.75) is 6.92 Å². The smallest absolute Gasteiger partial charge is 0.275 e. The quantitative estimate of drug-likeness (QED) is 0.691. The van der Waals surface area contributed by atoms with Crippen LogP contribution in [0, 0.1) is 0 Å². The second-order valence-electron chi connectivity index (χ2n) is 6.42. The van der Waals surface area contributed by atoms with Crippen molar-refractivity contribution in [3.8, 4) is 5.75 Å². The maximum absolute atomic E-state index is 13.1. The van der Waals surface area contributed by atoms with Crippen LogP contribution in [0.15, 0.2) is 53.3 Å². The Bertz CT molecular complexity index is 1120. The molecule has 0 saturated heterocycles. The van der Waals surface area contributed by atoms with Crippen molar-refractivity contribution < 1.29 is 14.3 Å². The molecule has 0 fully saturated rings. The predicted octanol–water partition coefficient (Wildman–Crippen LogP) is 2.04. The molecule has 0 saturated carbocycles. The van der Waals surface area contributed by atoms with Crippen LogP contribution < -0.4 is 15.6 Å². The molecule has 1 N–H and O–H groups in total. The van der Waals surface area contributed by atoms with Gasteiger partial charge in [-0.25, -0.2) is 4.68 Å². The molecule has 0 aliphatic heterocycles. The van der Waals surface area contributed by atoms with Gasteiger partial charge in [-0.2, -0.15) is 5.10 Å². The number of nitrogens with one attached hydrogen (secondary N) is 1. The summed E-state index contributed by atoms with van der Waals surface area (Å²) in [5.74, 6) is -0.144. The van der Waals surface area contributed by atoms with Gasteiger partial charge in [-0.05, 0) is 25.1 Å². The van der Waals surface area contributed by atoms with E-state index in [0.717, 1.165) is 4.68 Å². The molecular formula is C21H22N4O4. The first-order valence-corrected chi connectivity index (χ1v) is 9.13. The van der Waals surface area contributed by atoms with Crippen LogP contribution in [0.3, 0.4) is 0 Å². The molecule has 2 amide bonds. The zero-order valence-corrected chi connectivity index (χ0v) is 16.5. The van der Waals surface area contributed by atoms with Crippen LogP contribution in [-0.4, -0.2) is 46.7 Å². The van der Waals surface area contributed by atoms with E-state index in [1.54, 1.807) is 62.6 Å². The third-order valence-corrected chi connectivity index (χ3v) is 4.52. The van der Waals surface area contributed by atoms with Crippen LogP contribution in [0.25, 0.3) is 10.8 Å². The number of methoxy groups -OCH3 is 1. The number of hydrogen-bond acceptors (Lipinski definition) is 5. The van der Waals surface area contributed by atoms with Gasteiger partial charge < -0.3 is 15.0 Å². The lowest BCUT2D eigenvalue weighted by Crippen LogP contribution is -2.39. The molecule has 2 aromatic carbocycles. The summed E-state index contributed by atoms with van der Waals surface area (Å²) in [6, 6.07) is 13.8. The van der Waals surface area contributed by atoms with Gasteiger partial charge in [-0.3, -0.25) is 14.4 Å². The average Bonchev–Trinajstić information content (AvgIpc) is 2.74. The van der Waals surface area contributed by atoms with Gasteiger partial charge in [0.15, 0.2) is 5.69 Å². The molecule has 3 rings (SSSR count). The highest BCUT2D eigenvalue weighted by atomic mass is 16.5. The highest BCUT2D eigenvalue weighted by Gasteiger charge is 2.22. The van der Waals surface area contributed by atoms with Crippen LogP contribution in [-0.2, 0) is 11.8 Å². The normalized spacial score (nSPS) is 10.6. The molecule has 1 aromatic heterocycles. The molecule has 0 atom stereocenters. The first kappa shape index (κ1) is 20.1. The fraction of sp³-hybridized carbons (Fsp3) is 0.238. The number of likely N-dealkylation sites (N-methyl/N-ethyl adjacent to an activating group) is 1. The van der Waals surface area contributed by atoms with E-state index in [1.807, 2.05) is 0 Å². The van der Waals surface area contributed by atoms with Crippen LogP contribution in [0.4, 0.5) is 5.69 Å². The summed E-state index contributed by atoms with van der Waals surface area (Å²) in [5.41, 5.74) is 0.429. The first-order chi connectivity index (χ1) is 13.9. The monoisotopic (exact) mass is 394 g/mol. The van der Waals surface area contributed by atoms with Gasteiger partial charge in [0.1, 0.15) is 12.3 Å². The Labute approximate surface area is 167 Å². The number of ether oxygens (including phenoxy) is 1. The topological polar surface area (TPSA) is 93.5 Å². The Balaban J connectivity index is 1.84. The van der Waals surface area contributed by atoms with E-state index < -0.39 is 5.91 Å². The Hall–Kier alpha value is -3.68. The third kappa shape index (κ3) is 4.26. The fourth-order valence-electron chi connectivity index (χ4n) is 3.01. The van der Waals surface area contributed by atoms with E-state index in [9.17, 15) is 14.4 Å². The number of carbonyl (C=O) groups excluding carboxylic acids is 2. The number of nitrogens with zero attached hydrogens (tertiary/aromatic N) is 3. The lowest BCUT2D eigenvalue weighted by atomic mass is 10.1. The average molecular weight is 394 g/mol. The van der Waals surface area contributed by atoms with Gasteiger partial charge in [-0.15, -0.1) is 0 Å². The highest BCUT2D eigenvalue weighted by molar-refractivity contribution is 6.06. The first-order valence-electron chi connectivity index (χ1n) is 9.13. The Kier molecular flexibility index (Phi) is 5.92. The van der Waals surface area contributed by atoms with Crippen LogP contribution in [0.2, 0.25) is 0 Å². The minimum Gasteiger partial charge on any atom is -0.497 e. The van der Waals surface area contributed by atoms with Gasteiger partial charge in [0, 0.05) is 30.7 Å². The largest absolute Gasteiger partial charge is 0.497 e. The summed E-state index contributed by atoms with van der Waals surface area (Å²) in [4.78, 5) is 39.2. The van der Waals surface area contributed by atoms with Gasteiger partial charge in [0.2, 0.25) is 5.91 Å². The van der Waals surface area contributed by atoms with Crippen molar-refractivity contribution in [3.63, 3.8) is 0 Å². The van der Waals surface area contributed by atoms with Crippen molar-refractivity contribution in [1.82, 2.24) is 14.7 Å². The molecule has 0 radical (unpaired) electrons. The van der Waals surface area contributed by atoms with E-state index in [2.05, 4.69) is 10.4 Å². The lowest BCUT2D eigenvalue weighted by molar-refractivity contribution is -0.116. The molecule has 0 aliphatic carbocycles. The summed E-state index contributed by atoms with van der Waals surface area (Å²) in [5, 5.41) is 7.78. The number of rotatable bonds is 6. The van der Waals surface area contributed by atoms with Gasteiger partial charge in [0.05, 0.1) is 12.5 Å². The number of fused-ring (bicyclic) bond motifs is 1. The second kappa shape index (κ2) is 8.55. The van der Waals surface area contributed by atoms with E-state index in [0.29, 0.717) is 28.8 Å². The fourth-order valence-corrected chi connectivity index (χ4v) is 3.01. The van der Waals surface area contributed by atoms with E-state index in [1.165, 1.54) is 11.9 Å². The van der Waals surface area contributed by atoms with Crippen molar-refractivity contribution in [2.24, 2.45) is 7.05 Å². The molecule has 0 unspecified atom stereocenters. The molecule has 8 heteroatoms. The van der Waals surface area contributed by atoms with E-state index in [4.69, 9.17) is 4.74 Å². The summed E-state index contributed by atoms with van der Waals surface area (Å²) < 4.78 is 6.28. The zero-order chi connectivity index (χ0) is 21.0. The number of amides is 2. The number of aromatic nitrogens is 2. The van der Waals surface area contributed by atoms with Gasteiger partial charge in [0.25, 0.3) is 11.5 Å². The van der Waals surface area contributed by atoms with Crippen molar-refractivity contribution in [2.75, 3.05) is 25.5 Å². The number of aryl methyl sites for hydroxylation is 1. The molecule has 29 heavy (non-hydrogen) atoms. The number of benzene rings is 2. The SMILES string of the molecule is CCN(CC(=O)Nc1cccc(OC)c1)C(=O)c1nn(C)c(=O)c2ccccc12. The minimum atomic E-state index is -0.417. The predicted molar refractivity (Wildman–Crippen MR) is 110 cm³/mol. The summed E-state index contributed by atoms with van der Waals surface area (Å²) in [7, 11) is 3.04. The van der Waals surface area contributed by atoms with Crippen molar-refractivity contribution >= 4 is 28.3 Å². The molecule has 0 spiro atoms. The molecule has 0 aliphatic rings. The van der Waals surface area contributed by atoms with Crippen LogP contribution >= 0.6 is 0 Å². The van der Waals surface area contributed by atoms with Crippen LogP contribution in [0.5, 0.6) is 5.75 Å². The van der Waals surface area contributed by atoms with E-state index in [-0.39, 0.29) is 23.7 Å². The van der Waals surface area contributed by atoms with E-state index >= 15 is 0 Å². The highest BCUT2D eigenvalue weighted by Crippen LogP contribution is 2.17. The molecule has 1 heterocycles. The number of anilines is 1. The molecule has 8 nitrogen and oxygen atoms in total. The Morgan fingerprint density at radius 1 is 1.14 bits per heavy atom. The number of carbonyl (C=O) groups is 2. The lowest BCUT2D eigenvalue weighted by Gasteiger charge is -2.21. The molecule has 3 aromatic rings. The van der Waals surface area contributed by atoms with Crippen molar-refractivity contribution in [1.29, 1.82) is 0 Å². The maximum atomic E-state index is 13.1. The zero-order valence-electron chi connectivity index (χ0n) is 16.5.